The van der Waals surface area contributed by atoms with E-state index >= 15 is 0 Å². The molecule has 1 unspecified atom stereocenters. The highest BCUT2D eigenvalue weighted by Gasteiger charge is 2.20. The lowest BCUT2D eigenvalue weighted by Crippen LogP contribution is -2.30. The minimum Gasteiger partial charge on any atom is -0.390 e. The van der Waals surface area contributed by atoms with Gasteiger partial charge in [0.25, 0.3) is 0 Å². The van der Waals surface area contributed by atoms with Gasteiger partial charge in [0.1, 0.15) is 5.82 Å². The second kappa shape index (κ2) is 5.05. The van der Waals surface area contributed by atoms with E-state index in [1.54, 1.807) is 13.0 Å². The number of aliphatic hydroxyl groups is 1. The first-order valence-corrected chi connectivity index (χ1v) is 5.60. The monoisotopic (exact) mass is 275 g/mol. The van der Waals surface area contributed by atoms with E-state index in [1.165, 1.54) is 12.1 Å². The molecule has 1 atom stereocenters. The maximum Gasteiger partial charge on any atom is 0.124 e. The van der Waals surface area contributed by atoms with Crippen LogP contribution in [0.15, 0.2) is 22.7 Å². The SMILES string of the molecule is CC(O)(CCN)Cc1cc(F)cc(Br)c1. The molecule has 0 amide bonds. The lowest BCUT2D eigenvalue weighted by molar-refractivity contribution is 0.0538. The molecule has 2 nitrogen and oxygen atoms in total. The summed E-state index contributed by atoms with van der Waals surface area (Å²) in [5, 5.41) is 9.93. The molecule has 0 heterocycles. The Hall–Kier alpha value is -0.450. The largest absolute Gasteiger partial charge is 0.390 e. The van der Waals surface area contributed by atoms with Crippen LogP contribution in [0.1, 0.15) is 18.9 Å². The van der Waals surface area contributed by atoms with Crippen LogP contribution in [0.3, 0.4) is 0 Å². The van der Waals surface area contributed by atoms with Crippen molar-refractivity contribution in [1.29, 1.82) is 0 Å². The number of hydrogen-bond donors (Lipinski definition) is 2. The van der Waals surface area contributed by atoms with Gasteiger partial charge in [-0.3, -0.25) is 0 Å². The lowest BCUT2D eigenvalue weighted by atomic mass is 9.93. The Morgan fingerprint density at radius 1 is 1.47 bits per heavy atom. The fourth-order valence-electron chi connectivity index (χ4n) is 1.55. The van der Waals surface area contributed by atoms with E-state index in [4.69, 9.17) is 5.73 Å². The Morgan fingerprint density at radius 2 is 2.13 bits per heavy atom. The van der Waals surface area contributed by atoms with Gasteiger partial charge in [-0.25, -0.2) is 4.39 Å². The molecular formula is C11H15BrFNO. The lowest BCUT2D eigenvalue weighted by Gasteiger charge is -2.22. The Kier molecular flexibility index (Phi) is 4.25. The van der Waals surface area contributed by atoms with Crippen molar-refractivity contribution >= 4 is 15.9 Å². The van der Waals surface area contributed by atoms with Gasteiger partial charge in [-0.2, -0.15) is 0 Å². The zero-order valence-electron chi connectivity index (χ0n) is 8.63. The highest BCUT2D eigenvalue weighted by atomic mass is 79.9. The van der Waals surface area contributed by atoms with Crippen molar-refractivity contribution in [2.75, 3.05) is 6.54 Å². The molecule has 0 saturated heterocycles. The summed E-state index contributed by atoms with van der Waals surface area (Å²) in [6.07, 6.45) is 0.904. The predicted octanol–water partition coefficient (Wildman–Crippen LogP) is 2.23. The molecule has 3 N–H and O–H groups in total. The summed E-state index contributed by atoms with van der Waals surface area (Å²) in [5.41, 5.74) is 5.28. The third-order valence-electron chi connectivity index (χ3n) is 2.19. The van der Waals surface area contributed by atoms with Crippen LogP contribution in [0.2, 0.25) is 0 Å². The molecular weight excluding hydrogens is 261 g/mol. The van der Waals surface area contributed by atoms with Crippen LogP contribution in [0.25, 0.3) is 0 Å². The van der Waals surface area contributed by atoms with Gasteiger partial charge in [0.15, 0.2) is 0 Å². The van der Waals surface area contributed by atoms with Gasteiger partial charge in [-0.15, -0.1) is 0 Å². The molecule has 4 heteroatoms. The van der Waals surface area contributed by atoms with Crippen LogP contribution in [0, 0.1) is 5.82 Å². The number of rotatable bonds is 4. The molecule has 0 radical (unpaired) electrons. The van der Waals surface area contributed by atoms with Crippen molar-refractivity contribution in [3.05, 3.63) is 34.1 Å². The molecule has 0 bridgehead atoms. The summed E-state index contributed by atoms with van der Waals surface area (Å²) in [6.45, 7) is 2.13. The molecule has 0 aliphatic carbocycles. The summed E-state index contributed by atoms with van der Waals surface area (Å²) >= 11 is 3.21. The predicted molar refractivity (Wildman–Crippen MR) is 62.1 cm³/mol. The maximum atomic E-state index is 13.1. The summed E-state index contributed by atoms with van der Waals surface area (Å²) in [6, 6.07) is 4.62. The zero-order chi connectivity index (χ0) is 11.5. The molecule has 1 rings (SSSR count). The normalized spacial score (nSPS) is 15.0. The first-order chi connectivity index (χ1) is 6.93. The topological polar surface area (TPSA) is 46.2 Å². The smallest absolute Gasteiger partial charge is 0.124 e. The van der Waals surface area contributed by atoms with Crippen LogP contribution in [-0.4, -0.2) is 17.3 Å². The van der Waals surface area contributed by atoms with E-state index in [-0.39, 0.29) is 5.82 Å². The van der Waals surface area contributed by atoms with Crippen LogP contribution in [0.5, 0.6) is 0 Å². The van der Waals surface area contributed by atoms with Crippen molar-refractivity contribution in [1.82, 2.24) is 0 Å². The second-order valence-corrected chi connectivity index (χ2v) is 4.91. The van der Waals surface area contributed by atoms with Crippen LogP contribution >= 0.6 is 15.9 Å². The molecule has 0 aliphatic rings. The number of benzene rings is 1. The highest BCUT2D eigenvalue weighted by molar-refractivity contribution is 9.10. The first kappa shape index (κ1) is 12.6. The van der Waals surface area contributed by atoms with Crippen molar-refractivity contribution in [3.8, 4) is 0 Å². The average molecular weight is 276 g/mol. The quantitative estimate of drug-likeness (QED) is 0.885. The van der Waals surface area contributed by atoms with Crippen molar-refractivity contribution in [2.45, 2.75) is 25.4 Å². The van der Waals surface area contributed by atoms with E-state index in [9.17, 15) is 9.50 Å². The van der Waals surface area contributed by atoms with Crippen LogP contribution < -0.4 is 5.73 Å². The third-order valence-corrected chi connectivity index (χ3v) is 2.65. The minimum atomic E-state index is -0.873. The fraction of sp³-hybridized carbons (Fsp3) is 0.455. The summed E-state index contributed by atoms with van der Waals surface area (Å²) in [4.78, 5) is 0. The van der Waals surface area contributed by atoms with Crippen LogP contribution in [0.4, 0.5) is 4.39 Å². The Labute approximate surface area is 97.4 Å². The van der Waals surface area contributed by atoms with Crippen molar-refractivity contribution < 1.29 is 9.50 Å². The van der Waals surface area contributed by atoms with Crippen molar-refractivity contribution in [2.24, 2.45) is 5.73 Å². The molecule has 0 aliphatic heterocycles. The summed E-state index contributed by atoms with van der Waals surface area (Å²) in [5.74, 6) is -0.303. The first-order valence-electron chi connectivity index (χ1n) is 4.80. The van der Waals surface area contributed by atoms with Gasteiger partial charge in [-0.1, -0.05) is 15.9 Å². The maximum absolute atomic E-state index is 13.1. The Morgan fingerprint density at radius 3 is 2.67 bits per heavy atom. The zero-order valence-corrected chi connectivity index (χ0v) is 10.2. The van der Waals surface area contributed by atoms with E-state index in [0.717, 1.165) is 5.56 Å². The van der Waals surface area contributed by atoms with Gasteiger partial charge >= 0.3 is 0 Å². The van der Waals surface area contributed by atoms with E-state index < -0.39 is 5.60 Å². The molecule has 0 aromatic heterocycles. The van der Waals surface area contributed by atoms with Gasteiger partial charge in [0.05, 0.1) is 5.60 Å². The van der Waals surface area contributed by atoms with E-state index in [0.29, 0.717) is 23.9 Å². The molecule has 84 valence electrons. The van der Waals surface area contributed by atoms with Gasteiger partial charge < -0.3 is 10.8 Å². The molecule has 15 heavy (non-hydrogen) atoms. The van der Waals surface area contributed by atoms with Crippen LogP contribution in [-0.2, 0) is 6.42 Å². The Bertz CT molecular complexity index is 321. The average Bonchev–Trinajstić information content (AvgIpc) is 1.99. The van der Waals surface area contributed by atoms with E-state index in [2.05, 4.69) is 15.9 Å². The summed E-state index contributed by atoms with van der Waals surface area (Å²) < 4.78 is 13.7. The minimum absolute atomic E-state index is 0.303. The molecule has 1 aromatic rings. The standard InChI is InChI=1S/C11H15BrFNO/c1-11(15,2-3-14)7-8-4-9(12)6-10(13)5-8/h4-6,15H,2-3,7,14H2,1H3. The molecule has 0 fully saturated rings. The number of halogens is 2. The van der Waals surface area contributed by atoms with Gasteiger partial charge in [-0.05, 0) is 43.7 Å². The highest BCUT2D eigenvalue weighted by Crippen LogP contribution is 2.20. The van der Waals surface area contributed by atoms with E-state index in [1.807, 2.05) is 0 Å². The Balaban J connectivity index is 2.80. The fourth-order valence-corrected chi connectivity index (χ4v) is 2.06. The van der Waals surface area contributed by atoms with Gasteiger partial charge in [0.2, 0.25) is 0 Å². The molecule has 0 spiro atoms. The third kappa shape index (κ3) is 4.28. The summed E-state index contributed by atoms with van der Waals surface area (Å²) in [7, 11) is 0. The molecule has 1 aromatic carbocycles. The van der Waals surface area contributed by atoms with Crippen molar-refractivity contribution in [3.63, 3.8) is 0 Å². The second-order valence-electron chi connectivity index (χ2n) is 3.99. The number of hydrogen-bond acceptors (Lipinski definition) is 2. The number of nitrogens with two attached hydrogens (primary N) is 1. The van der Waals surface area contributed by atoms with Gasteiger partial charge in [0, 0.05) is 10.9 Å². The molecule has 0 saturated carbocycles.